The molecule has 0 aliphatic rings. The van der Waals surface area contributed by atoms with E-state index < -0.39 is 0 Å². The summed E-state index contributed by atoms with van der Waals surface area (Å²) >= 11 is 6.06. The number of carbonyl (C=O) groups excluding carboxylic acids is 1. The third-order valence-electron chi connectivity index (χ3n) is 2.42. The van der Waals surface area contributed by atoms with Gasteiger partial charge in [0, 0.05) is 19.2 Å². The van der Waals surface area contributed by atoms with Crippen LogP contribution < -0.4 is 10.1 Å². The second-order valence-corrected chi connectivity index (χ2v) is 4.19. The Bertz CT molecular complexity index is 421. The minimum Gasteiger partial charge on any atom is -0.492 e. The summed E-state index contributed by atoms with van der Waals surface area (Å²) in [4.78, 5) is 11.9. The highest BCUT2D eigenvalue weighted by Gasteiger charge is 2.12. The van der Waals surface area contributed by atoms with Crippen molar-refractivity contribution in [3.63, 3.8) is 0 Å². The van der Waals surface area contributed by atoms with E-state index in [1.165, 1.54) is 0 Å². The number of methoxy groups -OCH3 is 1. The quantitative estimate of drug-likeness (QED) is 0.809. The molecule has 0 heterocycles. The molecule has 100 valence electrons. The van der Waals surface area contributed by atoms with E-state index in [0.29, 0.717) is 36.1 Å². The molecule has 1 N–H and O–H groups in total. The van der Waals surface area contributed by atoms with Gasteiger partial charge in [0.15, 0.2) is 0 Å². The number of carbonyl (C=O) groups is 1. The Morgan fingerprint density at radius 1 is 1.44 bits per heavy atom. The van der Waals surface area contributed by atoms with Gasteiger partial charge < -0.3 is 14.8 Å². The maximum atomic E-state index is 11.9. The summed E-state index contributed by atoms with van der Waals surface area (Å²) in [6, 6.07) is 3.40. The Labute approximate surface area is 112 Å². The predicted octanol–water partition coefficient (Wildman–Crippen LogP) is 2.42. The summed E-state index contributed by atoms with van der Waals surface area (Å²) in [5.74, 6) is 0.444. The lowest BCUT2D eigenvalue weighted by atomic mass is 10.1. The van der Waals surface area contributed by atoms with E-state index in [1.54, 1.807) is 19.2 Å². The lowest BCUT2D eigenvalue weighted by Crippen LogP contribution is -2.27. The molecule has 0 unspecified atom stereocenters. The number of hydrogen-bond acceptors (Lipinski definition) is 3. The molecule has 0 saturated carbocycles. The van der Waals surface area contributed by atoms with Gasteiger partial charge in [-0.2, -0.15) is 0 Å². The molecule has 0 fully saturated rings. The van der Waals surface area contributed by atoms with E-state index in [9.17, 15) is 4.79 Å². The highest BCUT2D eigenvalue weighted by atomic mass is 35.5. The van der Waals surface area contributed by atoms with Crippen LogP contribution in [-0.2, 0) is 4.74 Å². The first kappa shape index (κ1) is 14.8. The monoisotopic (exact) mass is 271 g/mol. The standard InChI is InChI=1S/C13H18ClNO3/c1-4-18-12-7-9(2)10(8-11(12)14)13(16)15-5-6-17-3/h7-8H,4-6H2,1-3H3,(H,15,16). The van der Waals surface area contributed by atoms with Gasteiger partial charge in [-0.1, -0.05) is 11.6 Å². The van der Waals surface area contributed by atoms with Crippen molar-refractivity contribution in [2.45, 2.75) is 13.8 Å². The van der Waals surface area contributed by atoms with Gasteiger partial charge in [0.25, 0.3) is 5.91 Å². The number of rotatable bonds is 6. The minimum absolute atomic E-state index is 0.158. The van der Waals surface area contributed by atoms with Gasteiger partial charge in [0.2, 0.25) is 0 Å². The number of ether oxygens (including phenoxy) is 2. The molecule has 0 aliphatic carbocycles. The van der Waals surface area contributed by atoms with E-state index in [-0.39, 0.29) is 5.91 Å². The van der Waals surface area contributed by atoms with E-state index in [4.69, 9.17) is 21.1 Å². The van der Waals surface area contributed by atoms with Crippen molar-refractivity contribution < 1.29 is 14.3 Å². The Kier molecular flexibility index (Phi) is 5.95. The molecule has 0 radical (unpaired) electrons. The van der Waals surface area contributed by atoms with Crippen LogP contribution in [0.15, 0.2) is 12.1 Å². The van der Waals surface area contributed by atoms with Crippen molar-refractivity contribution in [2.24, 2.45) is 0 Å². The first-order chi connectivity index (χ1) is 8.60. The summed E-state index contributed by atoms with van der Waals surface area (Å²) in [5.41, 5.74) is 1.39. The maximum Gasteiger partial charge on any atom is 0.251 e. The van der Waals surface area contributed by atoms with Crippen LogP contribution in [0.25, 0.3) is 0 Å². The van der Waals surface area contributed by atoms with Gasteiger partial charge in [-0.15, -0.1) is 0 Å². The Morgan fingerprint density at radius 3 is 2.78 bits per heavy atom. The fraction of sp³-hybridized carbons (Fsp3) is 0.462. The van der Waals surface area contributed by atoms with Crippen molar-refractivity contribution in [1.29, 1.82) is 0 Å². The fourth-order valence-corrected chi connectivity index (χ4v) is 1.75. The highest BCUT2D eigenvalue weighted by Crippen LogP contribution is 2.28. The summed E-state index contributed by atoms with van der Waals surface area (Å²) in [7, 11) is 1.59. The van der Waals surface area contributed by atoms with Gasteiger partial charge in [-0.3, -0.25) is 4.79 Å². The van der Waals surface area contributed by atoms with Crippen LogP contribution in [0.2, 0.25) is 5.02 Å². The lowest BCUT2D eigenvalue weighted by Gasteiger charge is -2.11. The molecule has 1 amide bonds. The molecule has 0 aromatic heterocycles. The van der Waals surface area contributed by atoms with Crippen molar-refractivity contribution in [2.75, 3.05) is 26.9 Å². The second kappa shape index (κ2) is 7.24. The lowest BCUT2D eigenvalue weighted by molar-refractivity contribution is 0.0936. The number of amides is 1. The van der Waals surface area contributed by atoms with Crippen LogP contribution in [0.4, 0.5) is 0 Å². The number of hydrogen-bond donors (Lipinski definition) is 1. The Morgan fingerprint density at radius 2 is 2.17 bits per heavy atom. The van der Waals surface area contributed by atoms with Gasteiger partial charge in [0.05, 0.1) is 18.2 Å². The van der Waals surface area contributed by atoms with E-state index in [0.717, 1.165) is 5.56 Å². The first-order valence-corrected chi connectivity index (χ1v) is 6.18. The van der Waals surface area contributed by atoms with Crippen LogP contribution >= 0.6 is 11.6 Å². The third-order valence-corrected chi connectivity index (χ3v) is 2.71. The van der Waals surface area contributed by atoms with E-state index in [1.807, 2.05) is 13.8 Å². The zero-order valence-corrected chi connectivity index (χ0v) is 11.6. The zero-order valence-electron chi connectivity index (χ0n) is 10.9. The van der Waals surface area contributed by atoms with Gasteiger partial charge in [-0.25, -0.2) is 0 Å². The smallest absolute Gasteiger partial charge is 0.251 e. The maximum absolute atomic E-state index is 11.9. The number of benzene rings is 1. The molecule has 0 saturated heterocycles. The molecule has 0 bridgehead atoms. The molecule has 1 aromatic carbocycles. The van der Waals surface area contributed by atoms with Gasteiger partial charge in [-0.05, 0) is 31.5 Å². The molecule has 4 nitrogen and oxygen atoms in total. The van der Waals surface area contributed by atoms with E-state index in [2.05, 4.69) is 5.32 Å². The summed E-state index contributed by atoms with van der Waals surface area (Å²) in [5, 5.41) is 3.20. The summed E-state index contributed by atoms with van der Waals surface area (Å²) in [6.45, 7) is 5.23. The van der Waals surface area contributed by atoms with Crippen LogP contribution in [-0.4, -0.2) is 32.8 Å². The molecule has 1 rings (SSSR count). The van der Waals surface area contributed by atoms with Gasteiger partial charge >= 0.3 is 0 Å². The predicted molar refractivity (Wildman–Crippen MR) is 71.6 cm³/mol. The van der Waals surface area contributed by atoms with Crippen LogP contribution in [0, 0.1) is 6.92 Å². The van der Waals surface area contributed by atoms with Crippen molar-refractivity contribution in [1.82, 2.24) is 5.32 Å². The number of halogens is 1. The van der Waals surface area contributed by atoms with Crippen molar-refractivity contribution >= 4 is 17.5 Å². The molecule has 0 aliphatic heterocycles. The summed E-state index contributed by atoms with van der Waals surface area (Å²) in [6.07, 6.45) is 0. The SMILES string of the molecule is CCOc1cc(C)c(C(=O)NCCOC)cc1Cl. The zero-order chi connectivity index (χ0) is 13.5. The first-order valence-electron chi connectivity index (χ1n) is 5.80. The molecule has 5 heteroatoms. The molecule has 0 atom stereocenters. The molecule has 18 heavy (non-hydrogen) atoms. The second-order valence-electron chi connectivity index (χ2n) is 3.78. The number of nitrogens with one attached hydrogen (secondary N) is 1. The van der Waals surface area contributed by atoms with E-state index >= 15 is 0 Å². The molecular formula is C13H18ClNO3. The fourth-order valence-electron chi connectivity index (χ4n) is 1.53. The minimum atomic E-state index is -0.158. The Balaban J connectivity index is 2.83. The topological polar surface area (TPSA) is 47.6 Å². The highest BCUT2D eigenvalue weighted by molar-refractivity contribution is 6.32. The van der Waals surface area contributed by atoms with Gasteiger partial charge in [0.1, 0.15) is 5.75 Å². The van der Waals surface area contributed by atoms with Crippen LogP contribution in [0.3, 0.4) is 0 Å². The largest absolute Gasteiger partial charge is 0.492 e. The average Bonchev–Trinajstić information content (AvgIpc) is 2.34. The average molecular weight is 272 g/mol. The van der Waals surface area contributed by atoms with Crippen molar-refractivity contribution in [3.05, 3.63) is 28.3 Å². The third kappa shape index (κ3) is 3.89. The normalized spacial score (nSPS) is 10.2. The molecular weight excluding hydrogens is 254 g/mol. The van der Waals surface area contributed by atoms with Crippen LogP contribution in [0.5, 0.6) is 5.75 Å². The summed E-state index contributed by atoms with van der Waals surface area (Å²) < 4.78 is 10.2. The van der Waals surface area contributed by atoms with Crippen LogP contribution in [0.1, 0.15) is 22.8 Å². The Hall–Kier alpha value is -1.26. The molecule has 0 spiro atoms. The number of aryl methyl sites for hydroxylation is 1. The van der Waals surface area contributed by atoms with Crippen molar-refractivity contribution in [3.8, 4) is 5.75 Å². The molecule has 1 aromatic rings.